The highest BCUT2D eigenvalue weighted by Crippen LogP contribution is 2.18. The maximum atomic E-state index is 12.7. The molecular weight excluding hydrogens is 179 g/mol. The van der Waals surface area contributed by atoms with Gasteiger partial charge in [-0.1, -0.05) is 12.1 Å². The summed E-state index contributed by atoms with van der Waals surface area (Å²) in [6.07, 6.45) is 0. The lowest BCUT2D eigenvalue weighted by Crippen LogP contribution is -2.42. The van der Waals surface area contributed by atoms with Gasteiger partial charge in [0, 0.05) is 6.54 Å². The van der Waals surface area contributed by atoms with E-state index in [1.807, 2.05) is 25.9 Å². The number of halogens is 1. The smallest absolute Gasteiger partial charge is 0.123 e. The first kappa shape index (κ1) is 11.1. The molecule has 1 aromatic rings. The van der Waals surface area contributed by atoms with Gasteiger partial charge in [0.25, 0.3) is 0 Å². The number of benzene rings is 1. The SMILES string of the molecule is CN(C)CC(C)(N)c1ccc(F)cc1. The van der Waals surface area contributed by atoms with Crippen LogP contribution in [0.25, 0.3) is 0 Å². The second-order valence-electron chi connectivity index (χ2n) is 4.16. The number of rotatable bonds is 3. The fourth-order valence-corrected chi connectivity index (χ4v) is 1.58. The zero-order valence-corrected chi connectivity index (χ0v) is 8.92. The van der Waals surface area contributed by atoms with Crippen molar-refractivity contribution >= 4 is 0 Å². The van der Waals surface area contributed by atoms with Gasteiger partial charge in [0.15, 0.2) is 0 Å². The Kier molecular flexibility index (Phi) is 3.24. The van der Waals surface area contributed by atoms with Crippen molar-refractivity contribution in [3.05, 3.63) is 35.6 Å². The van der Waals surface area contributed by atoms with Crippen LogP contribution in [0.1, 0.15) is 12.5 Å². The van der Waals surface area contributed by atoms with Gasteiger partial charge in [-0.15, -0.1) is 0 Å². The Morgan fingerprint density at radius 2 is 1.79 bits per heavy atom. The van der Waals surface area contributed by atoms with Crippen molar-refractivity contribution in [1.82, 2.24) is 4.90 Å². The first-order chi connectivity index (χ1) is 6.42. The second kappa shape index (κ2) is 4.07. The molecule has 3 heteroatoms. The molecule has 0 aliphatic carbocycles. The third-order valence-corrected chi connectivity index (χ3v) is 2.15. The molecular formula is C11H17FN2. The molecule has 14 heavy (non-hydrogen) atoms. The summed E-state index contributed by atoms with van der Waals surface area (Å²) in [4.78, 5) is 2.02. The molecule has 0 amide bonds. The quantitative estimate of drug-likeness (QED) is 0.795. The van der Waals surface area contributed by atoms with Crippen LogP contribution >= 0.6 is 0 Å². The topological polar surface area (TPSA) is 29.3 Å². The second-order valence-corrected chi connectivity index (χ2v) is 4.16. The Hall–Kier alpha value is -0.930. The predicted molar refractivity (Wildman–Crippen MR) is 56.5 cm³/mol. The van der Waals surface area contributed by atoms with E-state index >= 15 is 0 Å². The third-order valence-electron chi connectivity index (χ3n) is 2.15. The predicted octanol–water partition coefficient (Wildman–Crippen LogP) is 1.56. The average molecular weight is 196 g/mol. The van der Waals surface area contributed by atoms with Gasteiger partial charge in [0.2, 0.25) is 0 Å². The van der Waals surface area contributed by atoms with Crippen LogP contribution in [0.2, 0.25) is 0 Å². The highest BCUT2D eigenvalue weighted by molar-refractivity contribution is 5.24. The van der Waals surface area contributed by atoms with E-state index in [1.165, 1.54) is 12.1 Å². The van der Waals surface area contributed by atoms with Gasteiger partial charge in [-0.05, 0) is 38.7 Å². The molecule has 0 spiro atoms. The van der Waals surface area contributed by atoms with Crippen LogP contribution in [-0.2, 0) is 5.54 Å². The molecule has 0 heterocycles. The summed E-state index contributed by atoms with van der Waals surface area (Å²) in [5.41, 5.74) is 6.64. The molecule has 0 aliphatic rings. The van der Waals surface area contributed by atoms with Crippen molar-refractivity contribution in [1.29, 1.82) is 0 Å². The molecule has 0 saturated carbocycles. The van der Waals surface area contributed by atoms with Gasteiger partial charge in [0.05, 0.1) is 5.54 Å². The molecule has 1 atom stereocenters. The van der Waals surface area contributed by atoms with E-state index in [0.717, 1.165) is 12.1 Å². The van der Waals surface area contributed by atoms with Crippen molar-refractivity contribution in [2.24, 2.45) is 5.73 Å². The van der Waals surface area contributed by atoms with Gasteiger partial charge >= 0.3 is 0 Å². The fourth-order valence-electron chi connectivity index (χ4n) is 1.58. The Morgan fingerprint density at radius 1 is 1.29 bits per heavy atom. The van der Waals surface area contributed by atoms with Crippen molar-refractivity contribution in [2.75, 3.05) is 20.6 Å². The molecule has 0 bridgehead atoms. The molecule has 0 fully saturated rings. The summed E-state index contributed by atoms with van der Waals surface area (Å²) >= 11 is 0. The van der Waals surface area contributed by atoms with Gasteiger partial charge in [0.1, 0.15) is 5.82 Å². The molecule has 2 nitrogen and oxygen atoms in total. The van der Waals surface area contributed by atoms with Crippen LogP contribution in [0.15, 0.2) is 24.3 Å². The van der Waals surface area contributed by atoms with Crippen LogP contribution in [0, 0.1) is 5.82 Å². The van der Waals surface area contributed by atoms with Gasteiger partial charge in [-0.2, -0.15) is 0 Å². The summed E-state index contributed by atoms with van der Waals surface area (Å²) in [5.74, 6) is -0.227. The number of likely N-dealkylation sites (N-methyl/N-ethyl adjacent to an activating group) is 1. The summed E-state index contributed by atoms with van der Waals surface area (Å²) in [6, 6.07) is 6.35. The van der Waals surface area contributed by atoms with Gasteiger partial charge < -0.3 is 10.6 Å². The van der Waals surface area contributed by atoms with Crippen molar-refractivity contribution < 1.29 is 4.39 Å². The lowest BCUT2D eigenvalue weighted by atomic mass is 9.93. The normalized spacial score (nSPS) is 15.6. The van der Waals surface area contributed by atoms with Gasteiger partial charge in [-0.25, -0.2) is 4.39 Å². The van der Waals surface area contributed by atoms with Gasteiger partial charge in [-0.3, -0.25) is 0 Å². The number of nitrogens with two attached hydrogens (primary N) is 1. The zero-order chi connectivity index (χ0) is 10.8. The van der Waals surface area contributed by atoms with E-state index < -0.39 is 5.54 Å². The molecule has 1 aromatic carbocycles. The van der Waals surface area contributed by atoms with Crippen LogP contribution < -0.4 is 5.73 Å². The number of hydrogen-bond donors (Lipinski definition) is 1. The Labute approximate surface area is 84.5 Å². The minimum Gasteiger partial charge on any atom is -0.321 e. The van der Waals surface area contributed by atoms with E-state index in [1.54, 1.807) is 12.1 Å². The molecule has 1 unspecified atom stereocenters. The van der Waals surface area contributed by atoms with Crippen LogP contribution in [0.5, 0.6) is 0 Å². The van der Waals surface area contributed by atoms with Crippen molar-refractivity contribution in [2.45, 2.75) is 12.5 Å². The maximum absolute atomic E-state index is 12.7. The number of nitrogens with zero attached hydrogens (tertiary/aromatic N) is 1. The standard InChI is InChI=1S/C11H17FN2/c1-11(13,8-14(2)3)9-4-6-10(12)7-5-9/h4-7H,8,13H2,1-3H3. The summed E-state index contributed by atoms with van der Waals surface area (Å²) < 4.78 is 12.7. The minimum atomic E-state index is -0.433. The first-order valence-corrected chi connectivity index (χ1v) is 4.61. The summed E-state index contributed by atoms with van der Waals surface area (Å²) in [6.45, 7) is 2.68. The summed E-state index contributed by atoms with van der Waals surface area (Å²) in [5, 5.41) is 0. The average Bonchev–Trinajstić information content (AvgIpc) is 2.02. The molecule has 1 rings (SSSR count). The van der Waals surface area contributed by atoms with E-state index in [2.05, 4.69) is 0 Å². The molecule has 0 saturated heterocycles. The molecule has 78 valence electrons. The molecule has 0 aromatic heterocycles. The first-order valence-electron chi connectivity index (χ1n) is 4.61. The maximum Gasteiger partial charge on any atom is 0.123 e. The zero-order valence-electron chi connectivity index (χ0n) is 8.92. The number of hydrogen-bond acceptors (Lipinski definition) is 2. The highest BCUT2D eigenvalue weighted by Gasteiger charge is 2.21. The molecule has 0 radical (unpaired) electrons. The van der Waals surface area contributed by atoms with E-state index in [-0.39, 0.29) is 5.82 Å². The highest BCUT2D eigenvalue weighted by atomic mass is 19.1. The van der Waals surface area contributed by atoms with Crippen LogP contribution in [0.4, 0.5) is 4.39 Å². The lowest BCUT2D eigenvalue weighted by Gasteiger charge is -2.28. The molecule has 0 aliphatic heterocycles. The van der Waals surface area contributed by atoms with Crippen molar-refractivity contribution in [3.8, 4) is 0 Å². The van der Waals surface area contributed by atoms with Crippen LogP contribution in [0.3, 0.4) is 0 Å². The third kappa shape index (κ3) is 2.79. The largest absolute Gasteiger partial charge is 0.321 e. The minimum absolute atomic E-state index is 0.227. The Morgan fingerprint density at radius 3 is 2.21 bits per heavy atom. The van der Waals surface area contributed by atoms with E-state index in [9.17, 15) is 4.39 Å². The fraction of sp³-hybridized carbons (Fsp3) is 0.455. The summed E-state index contributed by atoms with van der Waals surface area (Å²) in [7, 11) is 3.93. The van der Waals surface area contributed by atoms with Crippen LogP contribution in [-0.4, -0.2) is 25.5 Å². The van der Waals surface area contributed by atoms with E-state index in [4.69, 9.17) is 5.73 Å². The molecule has 2 N–H and O–H groups in total. The Balaban J connectivity index is 2.86. The lowest BCUT2D eigenvalue weighted by molar-refractivity contribution is 0.304. The van der Waals surface area contributed by atoms with Crippen molar-refractivity contribution in [3.63, 3.8) is 0 Å². The van der Waals surface area contributed by atoms with E-state index in [0.29, 0.717) is 0 Å². The Bertz CT molecular complexity index is 291. The monoisotopic (exact) mass is 196 g/mol.